The number of ketones is 2. The largest absolute Gasteiger partial charge is 0.453 e. The number of aryl methyl sites for hydroxylation is 1. The molecule has 2 aromatic rings. The lowest BCUT2D eigenvalue weighted by atomic mass is 10.1. The van der Waals surface area contributed by atoms with E-state index in [1.165, 1.54) is 42.0 Å². The second kappa shape index (κ2) is 6.98. The molecule has 5 nitrogen and oxygen atoms in total. The number of ether oxygens (including phenoxy) is 1. The molecule has 0 saturated carbocycles. The number of carbonyl (C=O) groups excluding carboxylic acids is 3. The molecule has 0 unspecified atom stereocenters. The Bertz CT molecular complexity index is 795. The first-order valence-electron chi connectivity index (χ1n) is 6.62. The SMILES string of the molecule is CC(=O)c1cc(C(=O)OCC(=O)c2ccc(Cl)c(Cl)c2)n(C)c1. The fraction of sp³-hybridized carbons (Fsp3) is 0.188. The minimum atomic E-state index is -0.687. The van der Waals surface area contributed by atoms with Crippen LogP contribution in [-0.2, 0) is 11.8 Å². The molecule has 0 aliphatic heterocycles. The molecule has 0 bridgehead atoms. The number of benzene rings is 1. The van der Waals surface area contributed by atoms with E-state index in [-0.39, 0.29) is 16.5 Å². The smallest absolute Gasteiger partial charge is 0.355 e. The van der Waals surface area contributed by atoms with Crippen LogP contribution in [0.2, 0.25) is 10.0 Å². The molecule has 0 radical (unpaired) electrons. The Morgan fingerprint density at radius 2 is 1.78 bits per heavy atom. The van der Waals surface area contributed by atoms with Crippen molar-refractivity contribution in [3.05, 3.63) is 57.3 Å². The Balaban J connectivity index is 2.05. The van der Waals surface area contributed by atoms with E-state index in [4.69, 9.17) is 27.9 Å². The zero-order valence-electron chi connectivity index (χ0n) is 12.4. The summed E-state index contributed by atoms with van der Waals surface area (Å²) in [5.41, 5.74) is 0.885. The van der Waals surface area contributed by atoms with Crippen molar-refractivity contribution in [2.24, 2.45) is 7.05 Å². The summed E-state index contributed by atoms with van der Waals surface area (Å²) < 4.78 is 6.47. The number of Topliss-reactive ketones (excluding diaryl/α,β-unsaturated/α-hetero) is 2. The summed E-state index contributed by atoms with van der Waals surface area (Å²) in [6.45, 7) is 0.968. The van der Waals surface area contributed by atoms with Gasteiger partial charge in [-0.05, 0) is 31.2 Å². The van der Waals surface area contributed by atoms with Crippen LogP contribution in [0.4, 0.5) is 0 Å². The lowest BCUT2D eigenvalue weighted by Crippen LogP contribution is -2.16. The van der Waals surface area contributed by atoms with E-state index < -0.39 is 18.4 Å². The summed E-state index contributed by atoms with van der Waals surface area (Å²) in [5, 5.41) is 0.582. The summed E-state index contributed by atoms with van der Waals surface area (Å²) in [6.07, 6.45) is 1.53. The normalized spacial score (nSPS) is 10.4. The zero-order chi connectivity index (χ0) is 17.1. The predicted octanol–water partition coefficient (Wildman–Crippen LogP) is 3.57. The standard InChI is InChI=1S/C16H13Cl2NO4/c1-9(20)11-6-14(19(2)7-11)16(22)23-8-15(21)10-3-4-12(17)13(18)5-10/h3-7H,8H2,1-2H3. The Morgan fingerprint density at radius 1 is 1.09 bits per heavy atom. The number of hydrogen-bond acceptors (Lipinski definition) is 4. The first-order chi connectivity index (χ1) is 10.8. The van der Waals surface area contributed by atoms with Gasteiger partial charge in [-0.15, -0.1) is 0 Å². The lowest BCUT2D eigenvalue weighted by Gasteiger charge is -2.06. The van der Waals surface area contributed by atoms with Crippen LogP contribution in [0, 0.1) is 0 Å². The average molecular weight is 354 g/mol. The van der Waals surface area contributed by atoms with Gasteiger partial charge in [0.15, 0.2) is 18.2 Å². The first kappa shape index (κ1) is 17.2. The van der Waals surface area contributed by atoms with E-state index in [0.29, 0.717) is 16.1 Å². The fourth-order valence-corrected chi connectivity index (χ4v) is 2.22. The van der Waals surface area contributed by atoms with Gasteiger partial charge in [0.05, 0.1) is 10.0 Å². The molecule has 23 heavy (non-hydrogen) atoms. The van der Waals surface area contributed by atoms with Gasteiger partial charge in [-0.25, -0.2) is 4.79 Å². The molecule has 7 heteroatoms. The van der Waals surface area contributed by atoms with Crippen LogP contribution in [-0.4, -0.2) is 28.7 Å². The molecule has 0 aliphatic carbocycles. The predicted molar refractivity (Wildman–Crippen MR) is 86.5 cm³/mol. The van der Waals surface area contributed by atoms with Gasteiger partial charge in [-0.2, -0.15) is 0 Å². The van der Waals surface area contributed by atoms with Crippen LogP contribution in [0.5, 0.6) is 0 Å². The molecule has 1 aromatic heterocycles. The summed E-state index contributed by atoms with van der Waals surface area (Å²) in [4.78, 5) is 35.3. The molecule has 0 saturated heterocycles. The molecule has 0 aliphatic rings. The summed E-state index contributed by atoms with van der Waals surface area (Å²) >= 11 is 11.6. The van der Waals surface area contributed by atoms with Gasteiger partial charge in [0, 0.05) is 24.4 Å². The van der Waals surface area contributed by atoms with Crippen LogP contribution in [0.25, 0.3) is 0 Å². The highest BCUT2D eigenvalue weighted by Crippen LogP contribution is 2.22. The van der Waals surface area contributed by atoms with Gasteiger partial charge in [-0.3, -0.25) is 9.59 Å². The topological polar surface area (TPSA) is 65.4 Å². The van der Waals surface area contributed by atoms with Crippen molar-refractivity contribution < 1.29 is 19.1 Å². The van der Waals surface area contributed by atoms with Crippen LogP contribution in [0.3, 0.4) is 0 Å². The molecule has 0 spiro atoms. The van der Waals surface area contributed by atoms with E-state index in [1.807, 2.05) is 0 Å². The Morgan fingerprint density at radius 3 is 2.35 bits per heavy atom. The van der Waals surface area contributed by atoms with Crippen molar-refractivity contribution in [2.45, 2.75) is 6.92 Å². The van der Waals surface area contributed by atoms with Crippen LogP contribution >= 0.6 is 23.2 Å². The van der Waals surface area contributed by atoms with Crippen molar-refractivity contribution >= 4 is 40.7 Å². The average Bonchev–Trinajstić information content (AvgIpc) is 2.89. The number of hydrogen-bond donors (Lipinski definition) is 0. The van der Waals surface area contributed by atoms with E-state index in [1.54, 1.807) is 7.05 Å². The highest BCUT2D eigenvalue weighted by molar-refractivity contribution is 6.42. The Kier molecular flexibility index (Phi) is 5.23. The lowest BCUT2D eigenvalue weighted by molar-refractivity contribution is 0.0465. The third-order valence-corrected chi connectivity index (χ3v) is 3.94. The molecule has 120 valence electrons. The number of aromatic nitrogens is 1. The Labute approximate surface area is 142 Å². The molecule has 2 rings (SSSR count). The van der Waals surface area contributed by atoms with E-state index in [2.05, 4.69) is 0 Å². The number of halogens is 2. The summed E-state index contributed by atoms with van der Waals surface area (Å²) in [6, 6.07) is 5.83. The van der Waals surface area contributed by atoms with Gasteiger partial charge >= 0.3 is 5.97 Å². The zero-order valence-corrected chi connectivity index (χ0v) is 13.9. The number of carbonyl (C=O) groups is 3. The van der Waals surface area contributed by atoms with Crippen molar-refractivity contribution in [3.63, 3.8) is 0 Å². The van der Waals surface area contributed by atoms with Crippen molar-refractivity contribution in [1.29, 1.82) is 0 Å². The first-order valence-corrected chi connectivity index (χ1v) is 7.38. The van der Waals surface area contributed by atoms with E-state index in [0.717, 1.165) is 0 Å². The molecular formula is C16H13Cl2NO4. The minimum Gasteiger partial charge on any atom is -0.453 e. The summed E-state index contributed by atoms with van der Waals surface area (Å²) in [7, 11) is 1.61. The van der Waals surface area contributed by atoms with Gasteiger partial charge in [-0.1, -0.05) is 23.2 Å². The van der Waals surface area contributed by atoms with E-state index in [9.17, 15) is 14.4 Å². The summed E-state index contributed by atoms with van der Waals surface area (Å²) in [5.74, 6) is -1.25. The second-order valence-electron chi connectivity index (χ2n) is 4.91. The minimum absolute atomic E-state index is 0.161. The van der Waals surface area contributed by atoms with Crippen LogP contribution < -0.4 is 0 Å². The quantitative estimate of drug-likeness (QED) is 0.608. The number of rotatable bonds is 5. The second-order valence-corrected chi connectivity index (χ2v) is 5.72. The van der Waals surface area contributed by atoms with Gasteiger partial charge in [0.25, 0.3) is 0 Å². The number of esters is 1. The van der Waals surface area contributed by atoms with Gasteiger partial charge in [0.2, 0.25) is 0 Å². The molecule has 0 N–H and O–H groups in total. The Hall–Kier alpha value is -2.11. The maximum absolute atomic E-state index is 12.0. The van der Waals surface area contributed by atoms with Crippen LogP contribution in [0.15, 0.2) is 30.5 Å². The van der Waals surface area contributed by atoms with Crippen LogP contribution in [0.1, 0.15) is 38.1 Å². The van der Waals surface area contributed by atoms with Crippen molar-refractivity contribution in [2.75, 3.05) is 6.61 Å². The monoisotopic (exact) mass is 353 g/mol. The number of nitrogens with zero attached hydrogens (tertiary/aromatic N) is 1. The van der Waals surface area contributed by atoms with Gasteiger partial charge < -0.3 is 9.30 Å². The highest BCUT2D eigenvalue weighted by atomic mass is 35.5. The maximum Gasteiger partial charge on any atom is 0.355 e. The third kappa shape index (κ3) is 4.00. The third-order valence-electron chi connectivity index (χ3n) is 3.20. The molecular weight excluding hydrogens is 341 g/mol. The molecule has 0 atom stereocenters. The molecule has 0 amide bonds. The van der Waals surface area contributed by atoms with Crippen molar-refractivity contribution in [3.8, 4) is 0 Å². The molecule has 0 fully saturated rings. The fourth-order valence-electron chi connectivity index (χ4n) is 1.92. The van der Waals surface area contributed by atoms with Crippen molar-refractivity contribution in [1.82, 2.24) is 4.57 Å². The maximum atomic E-state index is 12.0. The molecule has 1 heterocycles. The van der Waals surface area contributed by atoms with E-state index >= 15 is 0 Å². The molecule has 1 aromatic carbocycles. The highest BCUT2D eigenvalue weighted by Gasteiger charge is 2.17. The van der Waals surface area contributed by atoms with Gasteiger partial charge in [0.1, 0.15) is 5.69 Å².